The minimum atomic E-state index is -4.32. The fraction of sp³-hybridized carbons (Fsp3) is 0.308. The first-order valence-corrected chi connectivity index (χ1v) is 6.04. The number of aromatic nitrogens is 2. The molecule has 2 N–H and O–H groups in total. The van der Waals surface area contributed by atoms with Gasteiger partial charge in [0.2, 0.25) is 0 Å². The van der Waals surface area contributed by atoms with Crippen molar-refractivity contribution in [2.24, 2.45) is 0 Å². The molecule has 0 amide bonds. The van der Waals surface area contributed by atoms with E-state index in [2.05, 4.69) is 5.10 Å². The number of nitrogens with zero attached hydrogens (tertiary/aromatic N) is 2. The lowest BCUT2D eigenvalue weighted by Gasteiger charge is -2.09. The van der Waals surface area contributed by atoms with Gasteiger partial charge in [-0.15, -0.1) is 0 Å². The Balaban J connectivity index is 1.77. The smallest absolute Gasteiger partial charge is 0.416 e. The summed E-state index contributed by atoms with van der Waals surface area (Å²) in [6, 6.07) is 6.33. The van der Waals surface area contributed by atoms with Crippen molar-refractivity contribution in [2.45, 2.75) is 19.1 Å². The average Bonchev–Trinajstić information content (AvgIpc) is 2.80. The number of alkyl halides is 3. The van der Waals surface area contributed by atoms with Gasteiger partial charge in [-0.25, -0.2) is 0 Å². The van der Waals surface area contributed by atoms with Crippen molar-refractivity contribution in [1.29, 1.82) is 0 Å². The number of anilines is 1. The lowest BCUT2D eigenvalue weighted by atomic mass is 10.2. The van der Waals surface area contributed by atoms with Crippen molar-refractivity contribution in [2.75, 3.05) is 12.3 Å². The van der Waals surface area contributed by atoms with E-state index in [1.165, 1.54) is 12.1 Å². The summed E-state index contributed by atoms with van der Waals surface area (Å²) in [5.74, 6) is 0.867. The zero-order valence-electron chi connectivity index (χ0n) is 10.6. The zero-order chi connectivity index (χ0) is 14.6. The van der Waals surface area contributed by atoms with E-state index in [0.29, 0.717) is 31.1 Å². The fourth-order valence-corrected chi connectivity index (χ4v) is 1.66. The molecule has 7 heteroatoms. The summed E-state index contributed by atoms with van der Waals surface area (Å²) in [5, 5.41) is 4.01. The summed E-state index contributed by atoms with van der Waals surface area (Å²) in [6.45, 7) is 1.03. The Labute approximate surface area is 114 Å². The number of hydrogen-bond acceptors (Lipinski definition) is 3. The topological polar surface area (TPSA) is 53.1 Å². The minimum absolute atomic E-state index is 0.394. The van der Waals surface area contributed by atoms with Crippen LogP contribution in [-0.4, -0.2) is 16.4 Å². The molecular weight excluding hydrogens is 271 g/mol. The molecule has 20 heavy (non-hydrogen) atoms. The van der Waals surface area contributed by atoms with E-state index in [1.54, 1.807) is 16.9 Å². The van der Waals surface area contributed by atoms with E-state index in [-0.39, 0.29) is 0 Å². The third-order valence-corrected chi connectivity index (χ3v) is 2.64. The normalized spacial score (nSPS) is 11.6. The molecular formula is C13H14F3N3O. The van der Waals surface area contributed by atoms with Crippen molar-refractivity contribution in [3.05, 3.63) is 42.1 Å². The Morgan fingerprint density at radius 3 is 2.40 bits per heavy atom. The maximum absolute atomic E-state index is 12.4. The van der Waals surface area contributed by atoms with Crippen molar-refractivity contribution >= 4 is 5.82 Å². The molecule has 0 unspecified atom stereocenters. The van der Waals surface area contributed by atoms with Crippen molar-refractivity contribution < 1.29 is 17.9 Å². The highest BCUT2D eigenvalue weighted by Gasteiger charge is 2.29. The Bertz CT molecular complexity index is 549. The highest BCUT2D eigenvalue weighted by atomic mass is 19.4. The summed E-state index contributed by atoms with van der Waals surface area (Å²) >= 11 is 0. The highest BCUT2D eigenvalue weighted by Crippen LogP contribution is 2.30. The lowest BCUT2D eigenvalue weighted by molar-refractivity contribution is -0.137. The first kappa shape index (κ1) is 14.2. The van der Waals surface area contributed by atoms with Crippen LogP contribution in [0.15, 0.2) is 36.5 Å². The van der Waals surface area contributed by atoms with Gasteiger partial charge in [-0.1, -0.05) is 0 Å². The lowest BCUT2D eigenvalue weighted by Crippen LogP contribution is -2.06. The van der Waals surface area contributed by atoms with Crippen LogP contribution in [0.25, 0.3) is 0 Å². The molecule has 0 aliphatic rings. The Morgan fingerprint density at radius 1 is 1.15 bits per heavy atom. The van der Waals surface area contributed by atoms with Crippen molar-refractivity contribution in [3.63, 3.8) is 0 Å². The summed E-state index contributed by atoms with van der Waals surface area (Å²) < 4.78 is 44.1. The van der Waals surface area contributed by atoms with Crippen LogP contribution < -0.4 is 10.5 Å². The van der Waals surface area contributed by atoms with Gasteiger partial charge in [0.25, 0.3) is 0 Å². The molecule has 1 aromatic heterocycles. The molecule has 0 fully saturated rings. The van der Waals surface area contributed by atoms with Gasteiger partial charge in [0.1, 0.15) is 11.6 Å². The molecule has 0 saturated heterocycles. The van der Waals surface area contributed by atoms with Gasteiger partial charge in [-0.3, -0.25) is 4.68 Å². The monoisotopic (exact) mass is 285 g/mol. The number of benzene rings is 1. The van der Waals surface area contributed by atoms with Crippen LogP contribution in [0.5, 0.6) is 5.75 Å². The van der Waals surface area contributed by atoms with Gasteiger partial charge in [-0.2, -0.15) is 18.3 Å². The van der Waals surface area contributed by atoms with Crippen LogP contribution in [0.3, 0.4) is 0 Å². The predicted molar refractivity (Wildman–Crippen MR) is 68.2 cm³/mol. The van der Waals surface area contributed by atoms with E-state index >= 15 is 0 Å². The maximum atomic E-state index is 12.4. The molecule has 2 rings (SSSR count). The molecule has 2 aromatic rings. The third kappa shape index (κ3) is 3.91. The number of nitrogens with two attached hydrogens (primary N) is 1. The second-order valence-corrected chi connectivity index (χ2v) is 4.23. The number of ether oxygens (including phenoxy) is 1. The van der Waals surface area contributed by atoms with Gasteiger partial charge in [-0.05, 0) is 30.3 Å². The van der Waals surface area contributed by atoms with Gasteiger partial charge in [0.15, 0.2) is 0 Å². The van der Waals surface area contributed by atoms with Crippen LogP contribution in [0, 0.1) is 0 Å². The summed E-state index contributed by atoms with van der Waals surface area (Å²) in [6.07, 6.45) is -1.88. The maximum Gasteiger partial charge on any atom is 0.416 e. The van der Waals surface area contributed by atoms with E-state index in [0.717, 1.165) is 12.1 Å². The number of nitrogen functional groups attached to an aromatic ring is 1. The van der Waals surface area contributed by atoms with E-state index in [4.69, 9.17) is 10.5 Å². The molecule has 1 aromatic carbocycles. The van der Waals surface area contributed by atoms with Crippen LogP contribution in [-0.2, 0) is 12.7 Å². The van der Waals surface area contributed by atoms with Crippen LogP contribution in [0.1, 0.15) is 12.0 Å². The SMILES string of the molecule is Nc1ccn(CCCOc2ccc(C(F)(F)F)cc2)n1. The van der Waals surface area contributed by atoms with Gasteiger partial charge < -0.3 is 10.5 Å². The van der Waals surface area contributed by atoms with Crippen LogP contribution in [0.2, 0.25) is 0 Å². The molecule has 0 bridgehead atoms. The molecule has 0 saturated carbocycles. The van der Waals surface area contributed by atoms with Crippen molar-refractivity contribution in [1.82, 2.24) is 9.78 Å². The minimum Gasteiger partial charge on any atom is -0.494 e. The average molecular weight is 285 g/mol. The van der Waals surface area contributed by atoms with Gasteiger partial charge in [0.05, 0.1) is 12.2 Å². The van der Waals surface area contributed by atoms with Gasteiger partial charge in [0, 0.05) is 19.2 Å². The molecule has 0 spiro atoms. The number of halogens is 3. The fourth-order valence-electron chi connectivity index (χ4n) is 1.66. The molecule has 0 atom stereocenters. The zero-order valence-corrected chi connectivity index (χ0v) is 10.6. The first-order valence-electron chi connectivity index (χ1n) is 6.04. The largest absolute Gasteiger partial charge is 0.494 e. The van der Waals surface area contributed by atoms with E-state index in [1.807, 2.05) is 0 Å². The summed E-state index contributed by atoms with van der Waals surface area (Å²) in [4.78, 5) is 0. The Kier molecular flexibility index (Phi) is 4.16. The Morgan fingerprint density at radius 2 is 1.85 bits per heavy atom. The van der Waals surface area contributed by atoms with E-state index in [9.17, 15) is 13.2 Å². The Hall–Kier alpha value is -2.18. The molecule has 0 radical (unpaired) electrons. The summed E-state index contributed by atoms with van der Waals surface area (Å²) in [7, 11) is 0. The molecule has 0 aliphatic carbocycles. The van der Waals surface area contributed by atoms with E-state index < -0.39 is 11.7 Å². The van der Waals surface area contributed by atoms with Crippen molar-refractivity contribution in [3.8, 4) is 5.75 Å². The molecule has 4 nitrogen and oxygen atoms in total. The second-order valence-electron chi connectivity index (χ2n) is 4.23. The number of aryl methyl sites for hydroxylation is 1. The third-order valence-electron chi connectivity index (χ3n) is 2.64. The quantitative estimate of drug-likeness (QED) is 0.859. The number of rotatable bonds is 5. The predicted octanol–water partition coefficient (Wildman–Crippen LogP) is 2.95. The molecule has 0 aliphatic heterocycles. The number of hydrogen-bond donors (Lipinski definition) is 1. The highest BCUT2D eigenvalue weighted by molar-refractivity contribution is 5.28. The van der Waals surface area contributed by atoms with Gasteiger partial charge >= 0.3 is 6.18 Å². The molecule has 108 valence electrons. The first-order chi connectivity index (χ1) is 9.45. The van der Waals surface area contributed by atoms with Crippen LogP contribution in [0.4, 0.5) is 19.0 Å². The standard InChI is InChI=1S/C13H14F3N3O/c14-13(15,16)10-2-4-11(5-3-10)20-9-1-7-19-8-6-12(17)18-19/h2-6,8H,1,7,9H2,(H2,17,18). The summed E-state index contributed by atoms with van der Waals surface area (Å²) in [5.41, 5.74) is 4.78. The van der Waals surface area contributed by atoms with Crippen LogP contribution >= 0.6 is 0 Å². The molecule has 1 heterocycles. The second kappa shape index (κ2) is 5.85.